The van der Waals surface area contributed by atoms with Crippen molar-refractivity contribution < 1.29 is 0 Å². The Labute approximate surface area is 94.8 Å². The molecule has 0 heterocycles. The maximum Gasteiger partial charge on any atom is 0.0178 e. The Morgan fingerprint density at radius 1 is 1.14 bits per heavy atom. The molecule has 0 nitrogen and oxygen atoms in total. The van der Waals surface area contributed by atoms with E-state index in [1.165, 1.54) is 42.1 Å². The van der Waals surface area contributed by atoms with Crippen LogP contribution in [0, 0.1) is 6.92 Å². The summed E-state index contributed by atoms with van der Waals surface area (Å²) in [5.41, 5.74) is 3.03. The first-order valence-electron chi connectivity index (χ1n) is 5.53. The molecule has 0 amide bonds. The fourth-order valence-electron chi connectivity index (χ4n) is 2.46. The van der Waals surface area contributed by atoms with Crippen molar-refractivity contribution >= 4 is 15.9 Å². The van der Waals surface area contributed by atoms with Crippen molar-refractivity contribution in [1.29, 1.82) is 0 Å². The molecule has 0 N–H and O–H groups in total. The number of halogens is 1. The lowest BCUT2D eigenvalue weighted by Crippen LogP contribution is -2.06. The van der Waals surface area contributed by atoms with E-state index >= 15 is 0 Å². The lowest BCUT2D eigenvalue weighted by atomic mass is 9.82. The quantitative estimate of drug-likeness (QED) is 0.674. The molecule has 1 heteroatoms. The van der Waals surface area contributed by atoms with E-state index in [0.29, 0.717) is 0 Å². The van der Waals surface area contributed by atoms with E-state index < -0.39 is 0 Å². The summed E-state index contributed by atoms with van der Waals surface area (Å²) >= 11 is 3.56. The second-order valence-corrected chi connectivity index (χ2v) is 5.25. The van der Waals surface area contributed by atoms with Gasteiger partial charge < -0.3 is 0 Å². The summed E-state index contributed by atoms with van der Waals surface area (Å²) in [5.74, 6) is 0.821. The second-order valence-electron chi connectivity index (χ2n) is 4.34. The third-order valence-electron chi connectivity index (χ3n) is 3.29. The Balaban J connectivity index is 2.24. The van der Waals surface area contributed by atoms with Gasteiger partial charge in [-0.1, -0.05) is 41.3 Å². The minimum Gasteiger partial charge on any atom is -0.0579 e. The van der Waals surface area contributed by atoms with E-state index in [4.69, 9.17) is 0 Å². The Hall–Kier alpha value is -0.300. The molecular weight excluding hydrogens is 236 g/mol. The van der Waals surface area contributed by atoms with Crippen LogP contribution in [0.25, 0.3) is 0 Å². The number of hydrogen-bond acceptors (Lipinski definition) is 0. The molecule has 0 radical (unpaired) electrons. The van der Waals surface area contributed by atoms with Gasteiger partial charge in [-0.2, -0.15) is 0 Å². The summed E-state index contributed by atoms with van der Waals surface area (Å²) in [4.78, 5) is 0. The topological polar surface area (TPSA) is 0 Å². The molecule has 0 spiro atoms. The molecule has 1 saturated carbocycles. The lowest BCUT2D eigenvalue weighted by molar-refractivity contribution is 0.442. The molecule has 1 fully saturated rings. The maximum atomic E-state index is 3.56. The normalized spacial score (nSPS) is 18.4. The van der Waals surface area contributed by atoms with E-state index in [-0.39, 0.29) is 0 Å². The second kappa shape index (κ2) is 4.48. The highest BCUT2D eigenvalue weighted by molar-refractivity contribution is 9.10. The van der Waals surface area contributed by atoms with Crippen LogP contribution < -0.4 is 0 Å². The van der Waals surface area contributed by atoms with Gasteiger partial charge in [0.05, 0.1) is 0 Å². The van der Waals surface area contributed by atoms with Crippen molar-refractivity contribution in [2.75, 3.05) is 0 Å². The lowest BCUT2D eigenvalue weighted by Gasteiger charge is -2.23. The van der Waals surface area contributed by atoms with E-state index in [9.17, 15) is 0 Å². The first kappa shape index (κ1) is 10.2. The zero-order valence-corrected chi connectivity index (χ0v) is 10.3. The molecule has 14 heavy (non-hydrogen) atoms. The molecule has 0 aromatic heterocycles. The Kier molecular flexibility index (Phi) is 3.27. The molecule has 0 unspecified atom stereocenters. The molecule has 76 valence electrons. The third kappa shape index (κ3) is 2.20. The predicted octanol–water partition coefficient (Wildman–Crippen LogP) is 4.81. The number of hydrogen-bond donors (Lipinski definition) is 0. The summed E-state index contributed by atoms with van der Waals surface area (Å²) in [7, 11) is 0. The standard InChI is InChI=1S/C13H17Br/c1-10-7-8-12(14)9-13(10)11-5-3-2-4-6-11/h7-9,11H,2-6H2,1H3. The van der Waals surface area contributed by atoms with Gasteiger partial charge in [0.15, 0.2) is 0 Å². The van der Waals surface area contributed by atoms with Crippen LogP contribution in [-0.2, 0) is 0 Å². The van der Waals surface area contributed by atoms with Gasteiger partial charge >= 0.3 is 0 Å². The Bertz CT molecular complexity index is 311. The zero-order valence-electron chi connectivity index (χ0n) is 8.72. The fraction of sp³-hybridized carbons (Fsp3) is 0.538. The SMILES string of the molecule is Cc1ccc(Br)cc1C1CCCCC1. The van der Waals surface area contributed by atoms with Crippen LogP contribution in [0.3, 0.4) is 0 Å². The molecular formula is C13H17Br. The average Bonchev–Trinajstić information content (AvgIpc) is 2.23. The summed E-state index contributed by atoms with van der Waals surface area (Å²) in [6.45, 7) is 2.23. The van der Waals surface area contributed by atoms with Gasteiger partial charge in [-0.15, -0.1) is 0 Å². The summed E-state index contributed by atoms with van der Waals surface area (Å²) in [5, 5.41) is 0. The van der Waals surface area contributed by atoms with Crippen LogP contribution in [0.5, 0.6) is 0 Å². The van der Waals surface area contributed by atoms with Crippen molar-refractivity contribution in [3.8, 4) is 0 Å². The van der Waals surface area contributed by atoms with Crippen LogP contribution in [0.15, 0.2) is 22.7 Å². The number of rotatable bonds is 1. The van der Waals surface area contributed by atoms with Gasteiger partial charge in [-0.05, 0) is 48.9 Å². The maximum absolute atomic E-state index is 3.56. The summed E-state index contributed by atoms with van der Waals surface area (Å²) in [6.07, 6.45) is 7.03. The van der Waals surface area contributed by atoms with Crippen LogP contribution in [0.2, 0.25) is 0 Å². The molecule has 0 saturated heterocycles. The van der Waals surface area contributed by atoms with Crippen LogP contribution in [0.4, 0.5) is 0 Å². The molecule has 1 aromatic carbocycles. The van der Waals surface area contributed by atoms with Gasteiger partial charge in [0, 0.05) is 4.47 Å². The predicted molar refractivity (Wildman–Crippen MR) is 64.7 cm³/mol. The molecule has 0 aliphatic heterocycles. The molecule has 0 bridgehead atoms. The molecule has 2 rings (SSSR count). The van der Waals surface area contributed by atoms with Crippen molar-refractivity contribution in [1.82, 2.24) is 0 Å². The van der Waals surface area contributed by atoms with Gasteiger partial charge in [-0.25, -0.2) is 0 Å². The van der Waals surface area contributed by atoms with E-state index in [0.717, 1.165) is 5.92 Å². The van der Waals surface area contributed by atoms with E-state index in [2.05, 4.69) is 41.1 Å². The molecule has 0 atom stereocenters. The van der Waals surface area contributed by atoms with Crippen LogP contribution in [0.1, 0.15) is 49.1 Å². The fourth-order valence-corrected chi connectivity index (χ4v) is 2.84. The average molecular weight is 253 g/mol. The Morgan fingerprint density at radius 3 is 2.57 bits per heavy atom. The highest BCUT2D eigenvalue weighted by atomic mass is 79.9. The third-order valence-corrected chi connectivity index (χ3v) is 3.78. The van der Waals surface area contributed by atoms with Crippen LogP contribution in [-0.4, -0.2) is 0 Å². The van der Waals surface area contributed by atoms with Gasteiger partial charge in [-0.3, -0.25) is 0 Å². The number of aryl methyl sites for hydroxylation is 1. The Morgan fingerprint density at radius 2 is 1.86 bits per heavy atom. The summed E-state index contributed by atoms with van der Waals surface area (Å²) < 4.78 is 1.23. The monoisotopic (exact) mass is 252 g/mol. The van der Waals surface area contributed by atoms with Crippen molar-refractivity contribution in [3.63, 3.8) is 0 Å². The minimum absolute atomic E-state index is 0.821. The summed E-state index contributed by atoms with van der Waals surface area (Å²) in [6, 6.07) is 6.68. The van der Waals surface area contributed by atoms with E-state index in [1.807, 2.05) is 0 Å². The van der Waals surface area contributed by atoms with Crippen molar-refractivity contribution in [2.24, 2.45) is 0 Å². The highest BCUT2D eigenvalue weighted by Crippen LogP contribution is 2.35. The largest absolute Gasteiger partial charge is 0.0579 e. The first-order valence-corrected chi connectivity index (χ1v) is 6.33. The van der Waals surface area contributed by atoms with Gasteiger partial charge in [0.1, 0.15) is 0 Å². The minimum atomic E-state index is 0.821. The molecule has 1 aromatic rings. The molecule has 1 aliphatic rings. The molecule has 1 aliphatic carbocycles. The van der Waals surface area contributed by atoms with Gasteiger partial charge in [0.2, 0.25) is 0 Å². The van der Waals surface area contributed by atoms with Crippen molar-refractivity contribution in [2.45, 2.75) is 44.9 Å². The smallest absolute Gasteiger partial charge is 0.0178 e. The van der Waals surface area contributed by atoms with Gasteiger partial charge in [0.25, 0.3) is 0 Å². The zero-order chi connectivity index (χ0) is 9.97. The van der Waals surface area contributed by atoms with Crippen LogP contribution >= 0.6 is 15.9 Å². The van der Waals surface area contributed by atoms with E-state index in [1.54, 1.807) is 5.56 Å². The first-order chi connectivity index (χ1) is 6.77. The number of benzene rings is 1. The van der Waals surface area contributed by atoms with Crippen molar-refractivity contribution in [3.05, 3.63) is 33.8 Å². The highest BCUT2D eigenvalue weighted by Gasteiger charge is 2.17.